The summed E-state index contributed by atoms with van der Waals surface area (Å²) in [6, 6.07) is 9.84. The number of carbonyl (C=O) groups is 1. The molecule has 1 heterocycles. The Morgan fingerprint density at radius 2 is 1.68 bits per heavy atom. The topological polar surface area (TPSA) is 110 Å². The van der Waals surface area contributed by atoms with Crippen molar-refractivity contribution in [2.75, 3.05) is 22.4 Å². The highest BCUT2D eigenvalue weighted by Gasteiger charge is 2.10. The number of nitrogens with zero attached hydrogens (tertiary/aromatic N) is 2. The van der Waals surface area contributed by atoms with Crippen LogP contribution in [-0.4, -0.2) is 36.9 Å². The normalized spacial score (nSPS) is 11.0. The molecule has 0 saturated carbocycles. The summed E-state index contributed by atoms with van der Waals surface area (Å²) < 4.78 is 30.6. The van der Waals surface area contributed by atoms with Crippen LogP contribution in [0.5, 0.6) is 0 Å². The van der Waals surface area contributed by atoms with Crippen LogP contribution >= 0.6 is 0 Å². The van der Waals surface area contributed by atoms with Gasteiger partial charge in [-0.3, -0.25) is 4.72 Å². The number of aromatic nitrogens is 2. The summed E-state index contributed by atoms with van der Waals surface area (Å²) in [5, 5.41) is 10.8. The fourth-order valence-electron chi connectivity index (χ4n) is 1.98. The number of sulfonamides is 1. The monoisotopic (exact) mass is 364 g/mol. The van der Waals surface area contributed by atoms with E-state index >= 15 is 0 Å². The number of benzene rings is 1. The molecule has 0 bridgehead atoms. The second kappa shape index (κ2) is 8.43. The van der Waals surface area contributed by atoms with Gasteiger partial charge >= 0.3 is 5.97 Å². The minimum Gasteiger partial charge on any atom is -0.462 e. The van der Waals surface area contributed by atoms with E-state index in [9.17, 15) is 13.2 Å². The second-order valence-corrected chi connectivity index (χ2v) is 6.99. The smallest absolute Gasteiger partial charge is 0.338 e. The molecule has 8 nitrogen and oxygen atoms in total. The van der Waals surface area contributed by atoms with Gasteiger partial charge in [-0.2, -0.15) is 0 Å². The maximum atomic E-state index is 11.7. The molecule has 2 N–H and O–H groups in total. The summed E-state index contributed by atoms with van der Waals surface area (Å²) in [5.41, 5.74) is 1.17. The molecule has 0 amide bonds. The Kier molecular flexibility index (Phi) is 6.29. The number of hydrogen-bond donors (Lipinski definition) is 2. The fraction of sp³-hybridized carbons (Fsp3) is 0.312. The number of esters is 1. The molecule has 0 atom stereocenters. The summed E-state index contributed by atoms with van der Waals surface area (Å²) in [7, 11) is -3.39. The first-order valence-electron chi connectivity index (χ1n) is 7.82. The van der Waals surface area contributed by atoms with E-state index in [2.05, 4.69) is 20.2 Å². The average Bonchev–Trinajstić information content (AvgIpc) is 2.57. The van der Waals surface area contributed by atoms with Crippen LogP contribution in [0.4, 0.5) is 17.3 Å². The summed E-state index contributed by atoms with van der Waals surface area (Å²) in [6.07, 6.45) is 0.518. The molecular formula is C16H20N4O4S. The van der Waals surface area contributed by atoms with E-state index in [4.69, 9.17) is 4.74 Å². The van der Waals surface area contributed by atoms with Crippen molar-refractivity contribution in [3.8, 4) is 0 Å². The zero-order valence-corrected chi connectivity index (χ0v) is 14.8. The van der Waals surface area contributed by atoms with Gasteiger partial charge in [0.05, 0.1) is 17.9 Å². The standard InChI is InChI=1S/C16H20N4O4S/c1-3-11-25(22,23)20-15-10-9-14(18-19-15)17-13-7-5-12(6-8-13)16(21)24-4-2/h5-10H,3-4,11H2,1-2H3,(H,17,18)(H,19,20). The molecule has 9 heteroatoms. The Balaban J connectivity index is 2.00. The van der Waals surface area contributed by atoms with Gasteiger partial charge in [-0.25, -0.2) is 13.2 Å². The molecule has 2 rings (SSSR count). The average molecular weight is 364 g/mol. The van der Waals surface area contributed by atoms with E-state index in [0.29, 0.717) is 30.1 Å². The van der Waals surface area contributed by atoms with Gasteiger partial charge in [0.15, 0.2) is 11.6 Å². The van der Waals surface area contributed by atoms with Crippen LogP contribution in [-0.2, 0) is 14.8 Å². The van der Waals surface area contributed by atoms with Gasteiger partial charge in [0, 0.05) is 5.69 Å². The lowest BCUT2D eigenvalue weighted by Crippen LogP contribution is -2.17. The largest absolute Gasteiger partial charge is 0.462 e. The zero-order valence-electron chi connectivity index (χ0n) is 14.0. The maximum Gasteiger partial charge on any atom is 0.338 e. The van der Waals surface area contributed by atoms with Crippen LogP contribution in [0.1, 0.15) is 30.6 Å². The second-order valence-electron chi connectivity index (χ2n) is 5.15. The van der Waals surface area contributed by atoms with Crippen molar-refractivity contribution < 1.29 is 17.9 Å². The van der Waals surface area contributed by atoms with Gasteiger partial charge in [0.2, 0.25) is 10.0 Å². The highest BCUT2D eigenvalue weighted by molar-refractivity contribution is 7.92. The quantitative estimate of drug-likeness (QED) is 0.693. The third-order valence-electron chi connectivity index (χ3n) is 3.07. The van der Waals surface area contributed by atoms with Crippen molar-refractivity contribution in [2.45, 2.75) is 20.3 Å². The van der Waals surface area contributed by atoms with E-state index in [-0.39, 0.29) is 17.5 Å². The van der Waals surface area contributed by atoms with E-state index in [1.807, 2.05) is 0 Å². The summed E-state index contributed by atoms with van der Waals surface area (Å²) in [5.74, 6) is 0.262. The lowest BCUT2D eigenvalue weighted by atomic mass is 10.2. The van der Waals surface area contributed by atoms with Gasteiger partial charge in [0.25, 0.3) is 0 Å². The van der Waals surface area contributed by atoms with Crippen LogP contribution in [0.3, 0.4) is 0 Å². The molecule has 1 aromatic heterocycles. The molecule has 0 radical (unpaired) electrons. The molecule has 2 aromatic rings. The lowest BCUT2D eigenvalue weighted by Gasteiger charge is -2.08. The molecule has 0 spiro atoms. The molecule has 0 saturated heterocycles. The number of nitrogens with one attached hydrogen (secondary N) is 2. The van der Waals surface area contributed by atoms with Crippen molar-refractivity contribution >= 4 is 33.3 Å². The van der Waals surface area contributed by atoms with E-state index in [0.717, 1.165) is 0 Å². The number of rotatable bonds is 8. The summed E-state index contributed by atoms with van der Waals surface area (Å²) >= 11 is 0. The highest BCUT2D eigenvalue weighted by Crippen LogP contribution is 2.16. The number of ether oxygens (including phenoxy) is 1. The predicted molar refractivity (Wildman–Crippen MR) is 95.4 cm³/mol. The Bertz CT molecular complexity index is 805. The lowest BCUT2D eigenvalue weighted by molar-refractivity contribution is 0.0526. The van der Waals surface area contributed by atoms with Crippen LogP contribution < -0.4 is 10.0 Å². The Labute approximate surface area is 146 Å². The van der Waals surface area contributed by atoms with Gasteiger partial charge in [0.1, 0.15) is 0 Å². The van der Waals surface area contributed by atoms with Crippen molar-refractivity contribution in [3.63, 3.8) is 0 Å². The van der Waals surface area contributed by atoms with Gasteiger partial charge < -0.3 is 10.1 Å². The SMILES string of the molecule is CCCS(=O)(=O)Nc1ccc(Nc2ccc(C(=O)OCC)cc2)nn1. The van der Waals surface area contributed by atoms with Gasteiger partial charge in [-0.1, -0.05) is 6.92 Å². The first-order chi connectivity index (χ1) is 11.9. The Morgan fingerprint density at radius 1 is 1.04 bits per heavy atom. The van der Waals surface area contributed by atoms with Gasteiger partial charge in [-0.05, 0) is 49.7 Å². The first kappa shape index (κ1) is 18.7. The zero-order chi connectivity index (χ0) is 18.3. The third-order valence-corrected chi connectivity index (χ3v) is 4.53. The van der Waals surface area contributed by atoms with Gasteiger partial charge in [-0.15, -0.1) is 10.2 Å². The molecule has 25 heavy (non-hydrogen) atoms. The van der Waals surface area contributed by atoms with Crippen molar-refractivity contribution in [2.24, 2.45) is 0 Å². The van der Waals surface area contributed by atoms with E-state index in [1.54, 1.807) is 44.2 Å². The number of carbonyl (C=O) groups excluding carboxylic acids is 1. The third kappa shape index (κ3) is 5.71. The minimum atomic E-state index is -3.39. The van der Waals surface area contributed by atoms with Crippen LogP contribution in [0.25, 0.3) is 0 Å². The molecule has 0 aliphatic rings. The molecule has 134 valence electrons. The Morgan fingerprint density at radius 3 is 2.24 bits per heavy atom. The minimum absolute atomic E-state index is 0.0293. The van der Waals surface area contributed by atoms with Crippen molar-refractivity contribution in [3.05, 3.63) is 42.0 Å². The first-order valence-corrected chi connectivity index (χ1v) is 9.47. The molecule has 0 aliphatic heterocycles. The summed E-state index contributed by atoms with van der Waals surface area (Å²) in [6.45, 7) is 3.85. The van der Waals surface area contributed by atoms with Crippen molar-refractivity contribution in [1.29, 1.82) is 0 Å². The molecule has 1 aromatic carbocycles. The molecule has 0 aliphatic carbocycles. The van der Waals surface area contributed by atoms with Crippen molar-refractivity contribution in [1.82, 2.24) is 10.2 Å². The molecule has 0 fully saturated rings. The van der Waals surface area contributed by atoms with Crippen LogP contribution in [0.15, 0.2) is 36.4 Å². The fourth-order valence-corrected chi connectivity index (χ4v) is 3.05. The molecule has 0 unspecified atom stereocenters. The number of anilines is 3. The van der Waals surface area contributed by atoms with E-state index < -0.39 is 10.0 Å². The predicted octanol–water partition coefficient (Wildman–Crippen LogP) is 2.55. The number of hydrogen-bond acceptors (Lipinski definition) is 7. The maximum absolute atomic E-state index is 11.7. The highest BCUT2D eigenvalue weighted by atomic mass is 32.2. The van der Waals surface area contributed by atoms with Crippen LogP contribution in [0, 0.1) is 0 Å². The molecular weight excluding hydrogens is 344 g/mol. The van der Waals surface area contributed by atoms with E-state index in [1.165, 1.54) is 6.07 Å². The van der Waals surface area contributed by atoms with Crippen LogP contribution in [0.2, 0.25) is 0 Å². The Hall–Kier alpha value is -2.68. The summed E-state index contributed by atoms with van der Waals surface area (Å²) in [4.78, 5) is 11.6.